The van der Waals surface area contributed by atoms with E-state index in [9.17, 15) is 24.5 Å². The van der Waals surface area contributed by atoms with Crippen LogP contribution in [0.1, 0.15) is 0 Å². The van der Waals surface area contributed by atoms with Gasteiger partial charge in [-0.25, -0.2) is 9.78 Å². The van der Waals surface area contributed by atoms with E-state index in [0.29, 0.717) is 0 Å². The van der Waals surface area contributed by atoms with Crippen molar-refractivity contribution in [1.29, 1.82) is 0 Å². The lowest BCUT2D eigenvalue weighted by atomic mass is 10.2. The number of carbonyl (C=O) groups is 1. The normalized spacial score (nSPS) is 11.0. The Bertz CT molecular complexity index is 1260. The van der Waals surface area contributed by atoms with E-state index in [1.807, 2.05) is 0 Å². The largest absolute Gasteiger partial charge is 0.332 e. The maximum absolute atomic E-state index is 12.5. The molecule has 146 valence electrons. The van der Waals surface area contributed by atoms with Crippen molar-refractivity contribution in [3.05, 3.63) is 58.9 Å². The molecule has 0 unspecified atom stereocenters. The average Bonchev–Trinajstić information content (AvgIpc) is 2.96. The Morgan fingerprint density at radius 3 is 2.64 bits per heavy atom. The quantitative estimate of drug-likeness (QED) is 0.347. The molecule has 2 heterocycles. The number of nitro groups is 1. The molecule has 0 saturated heterocycles. The molecule has 0 bridgehead atoms. The number of anilines is 1. The third kappa shape index (κ3) is 3.31. The van der Waals surface area contributed by atoms with Gasteiger partial charge in [0.25, 0.3) is 11.2 Å². The van der Waals surface area contributed by atoms with Crippen LogP contribution in [0.2, 0.25) is 5.02 Å². The van der Waals surface area contributed by atoms with Crippen molar-refractivity contribution >= 4 is 56.0 Å². The highest BCUT2D eigenvalue weighted by atomic mass is 79.9. The van der Waals surface area contributed by atoms with E-state index in [1.54, 1.807) is 0 Å². The lowest BCUT2D eigenvalue weighted by Gasteiger charge is -2.10. The van der Waals surface area contributed by atoms with Gasteiger partial charge in [0.15, 0.2) is 15.9 Å². The molecule has 1 N–H and O–H groups in total. The van der Waals surface area contributed by atoms with Crippen molar-refractivity contribution < 1.29 is 9.72 Å². The van der Waals surface area contributed by atoms with Crippen LogP contribution < -0.4 is 16.6 Å². The fraction of sp³-hybridized carbons (Fsp3) is 0.200. The van der Waals surface area contributed by atoms with E-state index in [1.165, 1.54) is 35.4 Å². The zero-order chi connectivity index (χ0) is 20.7. The Balaban J connectivity index is 2.02. The summed E-state index contributed by atoms with van der Waals surface area (Å²) in [6.45, 7) is -0.350. The van der Waals surface area contributed by atoms with Gasteiger partial charge in [0.05, 0.1) is 4.92 Å². The number of nitrogens with zero attached hydrogens (tertiary/aromatic N) is 5. The molecule has 1 aromatic carbocycles. The van der Waals surface area contributed by atoms with E-state index in [0.717, 1.165) is 10.6 Å². The minimum atomic E-state index is -0.669. The predicted octanol–water partition coefficient (Wildman–Crippen LogP) is 1.40. The van der Waals surface area contributed by atoms with Crippen LogP contribution in [0.25, 0.3) is 11.2 Å². The van der Waals surface area contributed by atoms with Crippen LogP contribution in [-0.2, 0) is 25.4 Å². The van der Waals surface area contributed by atoms with Gasteiger partial charge < -0.3 is 5.32 Å². The first-order valence-corrected chi connectivity index (χ1v) is 8.84. The first kappa shape index (κ1) is 19.8. The molecule has 28 heavy (non-hydrogen) atoms. The molecule has 3 rings (SSSR count). The summed E-state index contributed by atoms with van der Waals surface area (Å²) in [5.41, 5.74) is -1.45. The van der Waals surface area contributed by atoms with Crippen molar-refractivity contribution in [3.63, 3.8) is 0 Å². The maximum Gasteiger partial charge on any atom is 0.332 e. The van der Waals surface area contributed by atoms with Gasteiger partial charge in [-0.1, -0.05) is 11.6 Å². The molecular formula is C15H12BrClN6O5. The maximum atomic E-state index is 12.5. The Morgan fingerprint density at radius 1 is 1.32 bits per heavy atom. The lowest BCUT2D eigenvalue weighted by Crippen LogP contribution is -2.37. The Labute approximate surface area is 169 Å². The molecule has 0 aliphatic heterocycles. The summed E-state index contributed by atoms with van der Waals surface area (Å²) in [4.78, 5) is 51.5. The highest BCUT2D eigenvalue weighted by Crippen LogP contribution is 2.28. The summed E-state index contributed by atoms with van der Waals surface area (Å²) in [6.07, 6.45) is 0. The number of fused-ring (bicyclic) bond motifs is 1. The average molecular weight is 472 g/mol. The number of nitrogens with one attached hydrogen (secondary N) is 1. The standard InChI is InChI=1S/C15H12BrClN6O5/c1-20-12-11(13(25)21(2)15(20)26)19-14(16)22(12)6-10(24)18-8-4-3-7(17)5-9(8)23(27)28/h3-5H,6H2,1-2H3,(H,18,24). The first-order chi connectivity index (χ1) is 13.1. The minimum Gasteiger partial charge on any atom is -0.319 e. The van der Waals surface area contributed by atoms with Crippen molar-refractivity contribution in [2.24, 2.45) is 14.1 Å². The predicted molar refractivity (Wildman–Crippen MR) is 105 cm³/mol. The van der Waals surface area contributed by atoms with Crippen molar-refractivity contribution in [2.45, 2.75) is 6.54 Å². The fourth-order valence-corrected chi connectivity index (χ4v) is 3.33. The summed E-state index contributed by atoms with van der Waals surface area (Å²) in [7, 11) is 2.76. The molecule has 2 aromatic heterocycles. The van der Waals surface area contributed by atoms with Gasteiger partial charge in [0.1, 0.15) is 12.2 Å². The van der Waals surface area contributed by atoms with Crippen LogP contribution in [0.5, 0.6) is 0 Å². The highest BCUT2D eigenvalue weighted by Gasteiger charge is 2.21. The van der Waals surface area contributed by atoms with Gasteiger partial charge in [-0.15, -0.1) is 0 Å². The van der Waals surface area contributed by atoms with Crippen molar-refractivity contribution in [3.8, 4) is 0 Å². The smallest absolute Gasteiger partial charge is 0.319 e. The van der Waals surface area contributed by atoms with Crippen LogP contribution in [0, 0.1) is 10.1 Å². The SMILES string of the molecule is Cn1c(=O)c2nc(Br)n(CC(=O)Nc3ccc(Cl)cc3[N+](=O)[O-])c2n(C)c1=O. The molecule has 11 nitrogen and oxygen atoms in total. The van der Waals surface area contributed by atoms with Crippen LogP contribution in [0.4, 0.5) is 11.4 Å². The van der Waals surface area contributed by atoms with E-state index >= 15 is 0 Å². The second-order valence-corrected chi connectivity index (χ2v) is 6.96. The Kier molecular flexibility index (Phi) is 5.08. The molecule has 3 aromatic rings. The third-order valence-electron chi connectivity index (χ3n) is 4.03. The third-order valence-corrected chi connectivity index (χ3v) is 4.87. The van der Waals surface area contributed by atoms with Gasteiger partial charge in [-0.2, -0.15) is 0 Å². The Hall–Kier alpha value is -2.99. The lowest BCUT2D eigenvalue weighted by molar-refractivity contribution is -0.383. The van der Waals surface area contributed by atoms with Gasteiger partial charge >= 0.3 is 5.69 Å². The minimum absolute atomic E-state index is 0.00162. The van der Waals surface area contributed by atoms with Crippen LogP contribution in [0.3, 0.4) is 0 Å². The molecule has 0 saturated carbocycles. The molecule has 0 fully saturated rings. The van der Waals surface area contributed by atoms with Crippen LogP contribution in [0.15, 0.2) is 32.5 Å². The molecule has 0 radical (unpaired) electrons. The summed E-state index contributed by atoms with van der Waals surface area (Å²) in [6, 6.07) is 3.83. The molecule has 0 spiro atoms. The van der Waals surface area contributed by atoms with Gasteiger partial charge in [0.2, 0.25) is 5.91 Å². The number of hydrogen-bond donors (Lipinski definition) is 1. The molecule has 1 amide bonds. The number of aromatic nitrogens is 4. The van der Waals surface area contributed by atoms with Crippen LogP contribution >= 0.6 is 27.5 Å². The highest BCUT2D eigenvalue weighted by molar-refractivity contribution is 9.10. The van der Waals surface area contributed by atoms with Crippen molar-refractivity contribution in [1.82, 2.24) is 18.7 Å². The number of hydrogen-bond acceptors (Lipinski definition) is 6. The van der Waals surface area contributed by atoms with E-state index in [4.69, 9.17) is 11.6 Å². The molecule has 0 atom stereocenters. The summed E-state index contributed by atoms with van der Waals surface area (Å²) < 4.78 is 3.56. The zero-order valence-electron chi connectivity index (χ0n) is 14.5. The van der Waals surface area contributed by atoms with E-state index in [2.05, 4.69) is 26.2 Å². The topological polar surface area (TPSA) is 134 Å². The summed E-state index contributed by atoms with van der Waals surface area (Å²) in [5, 5.41) is 13.7. The number of rotatable bonds is 4. The van der Waals surface area contributed by atoms with E-state index < -0.39 is 22.1 Å². The molecule has 0 aliphatic rings. The van der Waals surface area contributed by atoms with Gasteiger partial charge in [-0.3, -0.25) is 33.4 Å². The number of carbonyl (C=O) groups excluding carboxylic acids is 1. The number of imidazole rings is 1. The first-order valence-electron chi connectivity index (χ1n) is 7.67. The fourth-order valence-electron chi connectivity index (χ4n) is 2.70. The molecular weight excluding hydrogens is 460 g/mol. The summed E-state index contributed by atoms with van der Waals surface area (Å²) >= 11 is 8.93. The number of benzene rings is 1. The second kappa shape index (κ2) is 7.20. The summed E-state index contributed by atoms with van der Waals surface area (Å²) in [5.74, 6) is -0.626. The second-order valence-electron chi connectivity index (χ2n) is 5.81. The molecule has 0 aliphatic carbocycles. The van der Waals surface area contributed by atoms with E-state index in [-0.39, 0.29) is 38.8 Å². The number of aryl methyl sites for hydroxylation is 1. The zero-order valence-corrected chi connectivity index (χ0v) is 16.8. The number of nitro benzene ring substituents is 1. The van der Waals surface area contributed by atoms with Gasteiger partial charge in [-0.05, 0) is 28.1 Å². The monoisotopic (exact) mass is 470 g/mol. The molecule has 13 heteroatoms. The number of amides is 1. The van der Waals surface area contributed by atoms with Gasteiger partial charge in [0, 0.05) is 25.2 Å². The van der Waals surface area contributed by atoms with Crippen LogP contribution in [-0.4, -0.2) is 29.5 Å². The van der Waals surface area contributed by atoms with Crippen molar-refractivity contribution in [2.75, 3.05) is 5.32 Å². The Morgan fingerprint density at radius 2 is 2.00 bits per heavy atom. The number of halogens is 2.